The molecule has 0 bridgehead atoms. The first-order valence-corrected chi connectivity index (χ1v) is 15.9. The van der Waals surface area contributed by atoms with E-state index in [0.717, 1.165) is 43.7 Å². The summed E-state index contributed by atoms with van der Waals surface area (Å²) in [6, 6.07) is 10.6. The number of methoxy groups -OCH3 is 1. The molecule has 3 heterocycles. The van der Waals surface area contributed by atoms with E-state index in [0.29, 0.717) is 36.1 Å². The molecule has 1 spiro atoms. The second-order valence-electron chi connectivity index (χ2n) is 13.4. The van der Waals surface area contributed by atoms with Gasteiger partial charge in [0.15, 0.2) is 0 Å². The molecule has 0 radical (unpaired) electrons. The normalized spacial score (nSPS) is 19.3. The predicted molar refractivity (Wildman–Crippen MR) is 167 cm³/mol. The molecule has 238 valence electrons. The monoisotopic (exact) mass is 606 g/mol. The molecule has 1 saturated carbocycles. The third-order valence-corrected chi connectivity index (χ3v) is 9.26. The molecule has 0 N–H and O–H groups in total. The van der Waals surface area contributed by atoms with Crippen molar-refractivity contribution in [2.45, 2.75) is 84.3 Å². The van der Waals surface area contributed by atoms with Crippen molar-refractivity contribution in [3.05, 3.63) is 48.2 Å². The average molecular weight is 607 g/mol. The SMILES string of the molecule is COc1ccc(CN2C(=O)CCN(c3ccnc(OCCC4CCC5(CC4)CCN(C(=O)OC(C)(C)C)CC5)c3)C2=O)cc1. The number of rotatable bonds is 8. The molecule has 1 aromatic heterocycles. The number of urea groups is 1. The van der Waals surface area contributed by atoms with Crippen LogP contribution in [0, 0.1) is 11.3 Å². The Morgan fingerprint density at radius 3 is 2.36 bits per heavy atom. The molecule has 0 unspecified atom stereocenters. The molecule has 3 aliphatic rings. The molecule has 1 aliphatic carbocycles. The van der Waals surface area contributed by atoms with Crippen LogP contribution >= 0.6 is 0 Å². The summed E-state index contributed by atoms with van der Waals surface area (Å²) in [5.41, 5.74) is 1.40. The standard InChI is InChI=1S/C34H46N4O6/c1-33(2,3)44-32(41)36-20-16-34(17-21-36)14-9-25(10-15-34)13-22-43-29-23-27(11-18-35-29)37-19-12-30(39)38(31(37)40)24-26-5-7-28(42-4)8-6-26/h5-8,11,18,23,25H,9-10,12-17,19-22,24H2,1-4H3. The highest BCUT2D eigenvalue weighted by Gasteiger charge is 2.40. The molecular weight excluding hydrogens is 560 g/mol. The molecule has 2 aromatic rings. The lowest BCUT2D eigenvalue weighted by Crippen LogP contribution is -2.52. The summed E-state index contributed by atoms with van der Waals surface area (Å²) in [4.78, 5) is 47.6. The summed E-state index contributed by atoms with van der Waals surface area (Å²) in [7, 11) is 1.60. The maximum absolute atomic E-state index is 13.3. The molecule has 10 heteroatoms. The molecular formula is C34H46N4O6. The highest BCUT2D eigenvalue weighted by Crippen LogP contribution is 2.47. The van der Waals surface area contributed by atoms with Crippen molar-refractivity contribution in [1.29, 1.82) is 0 Å². The number of likely N-dealkylation sites (tertiary alicyclic amines) is 1. The Hall–Kier alpha value is -3.82. The highest BCUT2D eigenvalue weighted by molar-refractivity contribution is 6.05. The van der Waals surface area contributed by atoms with Gasteiger partial charge >= 0.3 is 12.1 Å². The van der Waals surface area contributed by atoms with Gasteiger partial charge in [-0.25, -0.2) is 14.6 Å². The van der Waals surface area contributed by atoms with Gasteiger partial charge in [0.1, 0.15) is 11.4 Å². The van der Waals surface area contributed by atoms with Gasteiger partial charge < -0.3 is 19.1 Å². The topological polar surface area (TPSA) is 102 Å². The fourth-order valence-corrected chi connectivity index (χ4v) is 6.54. The summed E-state index contributed by atoms with van der Waals surface area (Å²) in [5.74, 6) is 1.63. The lowest BCUT2D eigenvalue weighted by molar-refractivity contribution is -0.129. The third-order valence-electron chi connectivity index (χ3n) is 9.26. The van der Waals surface area contributed by atoms with Crippen molar-refractivity contribution in [3.63, 3.8) is 0 Å². The number of imide groups is 1. The third kappa shape index (κ3) is 7.81. The lowest BCUT2D eigenvalue weighted by atomic mass is 9.65. The number of benzene rings is 1. The summed E-state index contributed by atoms with van der Waals surface area (Å²) < 4.78 is 16.8. The largest absolute Gasteiger partial charge is 0.497 e. The predicted octanol–water partition coefficient (Wildman–Crippen LogP) is 6.43. The quantitative estimate of drug-likeness (QED) is 0.342. The maximum Gasteiger partial charge on any atom is 0.410 e. The zero-order valence-corrected chi connectivity index (χ0v) is 26.5. The van der Waals surface area contributed by atoms with Crippen molar-refractivity contribution in [3.8, 4) is 11.6 Å². The Balaban J connectivity index is 1.08. The van der Waals surface area contributed by atoms with Crippen molar-refractivity contribution in [2.75, 3.05) is 38.3 Å². The van der Waals surface area contributed by atoms with E-state index in [-0.39, 0.29) is 31.0 Å². The van der Waals surface area contributed by atoms with Crippen LogP contribution in [0.2, 0.25) is 0 Å². The first-order valence-electron chi connectivity index (χ1n) is 15.9. The fourth-order valence-electron chi connectivity index (χ4n) is 6.54. The van der Waals surface area contributed by atoms with Crippen LogP contribution in [0.15, 0.2) is 42.6 Å². The summed E-state index contributed by atoms with van der Waals surface area (Å²) in [5, 5.41) is 0. The van der Waals surface area contributed by atoms with E-state index in [2.05, 4.69) is 4.98 Å². The number of hydrogen-bond acceptors (Lipinski definition) is 7. The number of hydrogen-bond donors (Lipinski definition) is 0. The molecule has 4 amide bonds. The number of anilines is 1. The minimum Gasteiger partial charge on any atom is -0.497 e. The summed E-state index contributed by atoms with van der Waals surface area (Å²) in [6.07, 6.45) is 9.48. The molecule has 5 rings (SSSR count). The minimum atomic E-state index is -0.464. The van der Waals surface area contributed by atoms with Gasteiger partial charge in [-0.15, -0.1) is 0 Å². The average Bonchev–Trinajstić information content (AvgIpc) is 3.00. The van der Waals surface area contributed by atoms with Gasteiger partial charge in [0.05, 0.1) is 25.9 Å². The number of piperidine rings is 1. The van der Waals surface area contributed by atoms with Gasteiger partial charge in [0.2, 0.25) is 11.8 Å². The Bertz CT molecular complexity index is 1310. The van der Waals surface area contributed by atoms with Crippen LogP contribution < -0.4 is 14.4 Å². The van der Waals surface area contributed by atoms with Gasteiger partial charge in [-0.2, -0.15) is 0 Å². The number of ether oxygens (including phenoxy) is 3. The molecule has 44 heavy (non-hydrogen) atoms. The number of amides is 4. The first-order chi connectivity index (χ1) is 21.0. The number of carbonyl (C=O) groups excluding carboxylic acids is 3. The first kappa shape index (κ1) is 31.6. The van der Waals surface area contributed by atoms with Crippen LogP contribution in [-0.4, -0.2) is 71.8 Å². The van der Waals surface area contributed by atoms with Crippen molar-refractivity contribution >= 4 is 23.7 Å². The lowest BCUT2D eigenvalue weighted by Gasteiger charge is -2.46. The number of nitrogens with zero attached hydrogens (tertiary/aromatic N) is 4. The summed E-state index contributed by atoms with van der Waals surface area (Å²) >= 11 is 0. The van der Waals surface area contributed by atoms with E-state index < -0.39 is 5.60 Å². The van der Waals surface area contributed by atoms with Crippen molar-refractivity contribution < 1.29 is 28.6 Å². The summed E-state index contributed by atoms with van der Waals surface area (Å²) in [6.45, 7) is 8.37. The zero-order chi connectivity index (χ0) is 31.3. The van der Waals surface area contributed by atoms with E-state index in [9.17, 15) is 14.4 Å². The molecule has 1 aromatic carbocycles. The second kappa shape index (κ2) is 13.4. The van der Waals surface area contributed by atoms with E-state index in [1.165, 1.54) is 30.6 Å². The van der Waals surface area contributed by atoms with Gasteiger partial charge in [-0.1, -0.05) is 12.1 Å². The van der Waals surface area contributed by atoms with Gasteiger partial charge in [-0.3, -0.25) is 14.6 Å². The van der Waals surface area contributed by atoms with Crippen LogP contribution in [0.3, 0.4) is 0 Å². The maximum atomic E-state index is 13.3. The smallest absolute Gasteiger partial charge is 0.410 e. The van der Waals surface area contributed by atoms with Crippen LogP contribution in [0.25, 0.3) is 0 Å². The van der Waals surface area contributed by atoms with Crippen LogP contribution in [0.4, 0.5) is 15.3 Å². The number of aromatic nitrogens is 1. The van der Waals surface area contributed by atoms with Gasteiger partial charge in [0, 0.05) is 38.3 Å². The van der Waals surface area contributed by atoms with Gasteiger partial charge in [-0.05, 0) is 101 Å². The molecule has 3 fully saturated rings. The fraction of sp³-hybridized carbons (Fsp3) is 0.588. The van der Waals surface area contributed by atoms with Crippen molar-refractivity contribution in [2.24, 2.45) is 11.3 Å². The van der Waals surface area contributed by atoms with E-state index >= 15 is 0 Å². The van der Waals surface area contributed by atoms with Crippen LogP contribution in [0.1, 0.15) is 77.7 Å². The van der Waals surface area contributed by atoms with E-state index in [1.807, 2.05) is 49.9 Å². The molecule has 2 saturated heterocycles. The highest BCUT2D eigenvalue weighted by atomic mass is 16.6. The molecule has 0 atom stereocenters. The molecule has 10 nitrogen and oxygen atoms in total. The second-order valence-corrected chi connectivity index (χ2v) is 13.4. The Morgan fingerprint density at radius 1 is 1.00 bits per heavy atom. The van der Waals surface area contributed by atoms with E-state index in [4.69, 9.17) is 14.2 Å². The Kier molecular flexibility index (Phi) is 9.65. The minimum absolute atomic E-state index is 0.185. The van der Waals surface area contributed by atoms with Gasteiger partial charge in [0.25, 0.3) is 0 Å². The number of pyridine rings is 1. The van der Waals surface area contributed by atoms with Crippen LogP contribution in [0.5, 0.6) is 11.6 Å². The number of carbonyl (C=O) groups is 3. The van der Waals surface area contributed by atoms with Crippen LogP contribution in [-0.2, 0) is 16.1 Å². The Morgan fingerprint density at radius 2 is 1.70 bits per heavy atom. The van der Waals surface area contributed by atoms with E-state index in [1.54, 1.807) is 30.3 Å². The van der Waals surface area contributed by atoms with Crippen molar-refractivity contribution in [1.82, 2.24) is 14.8 Å². The molecule has 2 aliphatic heterocycles. The Labute approximate surface area is 260 Å². The zero-order valence-electron chi connectivity index (χ0n) is 26.5.